The van der Waals surface area contributed by atoms with Crippen molar-refractivity contribution in [1.29, 1.82) is 0 Å². The summed E-state index contributed by atoms with van der Waals surface area (Å²) in [5, 5.41) is 14.0. The molecule has 0 saturated heterocycles. The molecule has 0 saturated carbocycles. The van der Waals surface area contributed by atoms with E-state index in [1.807, 2.05) is 54.6 Å². The van der Waals surface area contributed by atoms with Crippen molar-refractivity contribution < 1.29 is 19.0 Å². The molecule has 0 aliphatic rings. The fraction of sp³-hybridized carbons (Fsp3) is 0.217. The third-order valence-corrected chi connectivity index (χ3v) is 4.23. The lowest BCUT2D eigenvalue weighted by Crippen LogP contribution is -2.30. The average molecular weight is 392 g/mol. The molecule has 0 atom stereocenters. The van der Waals surface area contributed by atoms with E-state index < -0.39 is 0 Å². The Morgan fingerprint density at radius 3 is 2.34 bits per heavy atom. The highest BCUT2D eigenvalue weighted by Gasteiger charge is 2.07. The maximum absolute atomic E-state index is 11.9. The molecule has 0 spiro atoms. The summed E-state index contributed by atoms with van der Waals surface area (Å²) in [6, 6.07) is 20.7. The predicted octanol–water partition coefficient (Wildman–Crippen LogP) is 3.49. The molecule has 0 aliphatic heterocycles. The summed E-state index contributed by atoms with van der Waals surface area (Å²) in [5.41, 5.74) is 1.48. The summed E-state index contributed by atoms with van der Waals surface area (Å²) < 4.78 is 12.1. The van der Waals surface area contributed by atoms with E-state index in [0.717, 1.165) is 29.9 Å². The second-order valence-electron chi connectivity index (χ2n) is 6.51. The molecule has 6 heteroatoms. The van der Waals surface area contributed by atoms with Crippen molar-refractivity contribution in [2.75, 3.05) is 13.2 Å². The number of nitrogens with one attached hydrogen (secondary N) is 1. The van der Waals surface area contributed by atoms with Gasteiger partial charge in [0.05, 0.1) is 6.61 Å². The van der Waals surface area contributed by atoms with Crippen molar-refractivity contribution in [3.63, 3.8) is 0 Å². The molecule has 29 heavy (non-hydrogen) atoms. The number of carbonyl (C=O) groups is 1. The molecule has 3 aromatic rings. The van der Waals surface area contributed by atoms with Gasteiger partial charge in [-0.15, -0.1) is 0 Å². The molecule has 0 radical (unpaired) electrons. The number of aromatic nitrogens is 1. The zero-order valence-corrected chi connectivity index (χ0v) is 16.1. The van der Waals surface area contributed by atoms with E-state index in [0.29, 0.717) is 30.1 Å². The summed E-state index contributed by atoms with van der Waals surface area (Å²) in [7, 11) is 0. The van der Waals surface area contributed by atoms with Gasteiger partial charge in [-0.05, 0) is 48.7 Å². The van der Waals surface area contributed by atoms with Crippen molar-refractivity contribution in [2.45, 2.75) is 19.4 Å². The molecule has 150 valence electrons. The maximum atomic E-state index is 11.9. The number of unbranched alkanes of at least 4 members (excludes halogenated alkanes) is 1. The summed E-state index contributed by atoms with van der Waals surface area (Å²) in [6.45, 7) is 1.62. The Bertz CT molecular complexity index is 898. The molecular formula is C23H24N2O4. The lowest BCUT2D eigenvalue weighted by molar-refractivity contribution is -0.605. The Hall–Kier alpha value is -3.54. The van der Waals surface area contributed by atoms with Crippen LogP contribution in [0.1, 0.15) is 28.8 Å². The first-order valence-corrected chi connectivity index (χ1v) is 9.57. The second kappa shape index (κ2) is 10.7. The highest BCUT2D eigenvalue weighted by molar-refractivity contribution is 5.93. The average Bonchev–Trinajstić information content (AvgIpc) is 2.76. The van der Waals surface area contributed by atoms with E-state index in [1.54, 1.807) is 12.1 Å². The zero-order valence-electron chi connectivity index (χ0n) is 16.1. The molecule has 1 amide bonds. The first-order chi connectivity index (χ1) is 14.2. The van der Waals surface area contributed by atoms with Gasteiger partial charge >= 0.3 is 0 Å². The normalized spacial score (nSPS) is 10.3. The molecule has 6 nitrogen and oxygen atoms in total. The zero-order chi connectivity index (χ0) is 20.3. The number of hydrogen-bond donors (Lipinski definition) is 1. The van der Waals surface area contributed by atoms with Gasteiger partial charge in [0.1, 0.15) is 23.7 Å². The number of hydrogen-bond acceptors (Lipinski definition) is 4. The lowest BCUT2D eigenvalue weighted by atomic mass is 10.2. The molecule has 0 fully saturated rings. The topological polar surface area (TPSA) is 74.5 Å². The van der Waals surface area contributed by atoms with Crippen molar-refractivity contribution in [1.82, 2.24) is 5.32 Å². The minimum Gasteiger partial charge on any atom is -0.619 e. The number of amides is 1. The Kier molecular flexibility index (Phi) is 7.46. The van der Waals surface area contributed by atoms with Gasteiger partial charge < -0.3 is 20.0 Å². The number of pyridine rings is 1. The highest BCUT2D eigenvalue weighted by Crippen LogP contribution is 2.19. The van der Waals surface area contributed by atoms with Crippen molar-refractivity contribution in [3.8, 4) is 11.5 Å². The van der Waals surface area contributed by atoms with Gasteiger partial charge in [0.25, 0.3) is 5.91 Å². The molecule has 1 aromatic heterocycles. The van der Waals surface area contributed by atoms with Crippen LogP contribution in [0.25, 0.3) is 0 Å². The van der Waals surface area contributed by atoms with Crippen LogP contribution in [-0.4, -0.2) is 19.1 Å². The third kappa shape index (κ3) is 6.84. The number of nitrogens with zero attached hydrogens (tertiary/aromatic N) is 1. The van der Waals surface area contributed by atoms with Gasteiger partial charge in [0, 0.05) is 12.6 Å². The van der Waals surface area contributed by atoms with Crippen LogP contribution in [-0.2, 0) is 6.61 Å². The quantitative estimate of drug-likeness (QED) is 0.326. The van der Waals surface area contributed by atoms with Gasteiger partial charge in [-0.1, -0.05) is 30.3 Å². The SMILES string of the molecule is O=C(NCCCCOc1ccc(OCc2ccccc2)cc1)c1ccc[n+]([O-])c1. The van der Waals surface area contributed by atoms with Gasteiger partial charge in [0.15, 0.2) is 12.4 Å². The Morgan fingerprint density at radius 1 is 0.897 bits per heavy atom. The number of ether oxygens (including phenoxy) is 2. The molecule has 1 N–H and O–H groups in total. The lowest BCUT2D eigenvalue weighted by Gasteiger charge is -2.09. The minimum atomic E-state index is -0.248. The van der Waals surface area contributed by atoms with Gasteiger partial charge in [-0.3, -0.25) is 4.79 Å². The summed E-state index contributed by atoms with van der Waals surface area (Å²) in [4.78, 5) is 11.9. The van der Waals surface area contributed by atoms with E-state index in [4.69, 9.17) is 9.47 Å². The second-order valence-corrected chi connectivity index (χ2v) is 6.51. The Morgan fingerprint density at radius 2 is 1.62 bits per heavy atom. The third-order valence-electron chi connectivity index (χ3n) is 4.23. The Balaban J connectivity index is 1.30. The monoisotopic (exact) mass is 392 g/mol. The van der Waals surface area contributed by atoms with Crippen molar-refractivity contribution >= 4 is 5.91 Å². The maximum Gasteiger partial charge on any atom is 0.257 e. The number of rotatable bonds is 10. The van der Waals surface area contributed by atoms with Gasteiger partial charge in [-0.25, -0.2) is 0 Å². The fourth-order valence-corrected chi connectivity index (χ4v) is 2.68. The first-order valence-electron chi connectivity index (χ1n) is 9.57. The summed E-state index contributed by atoms with van der Waals surface area (Å²) >= 11 is 0. The molecule has 2 aromatic carbocycles. The summed E-state index contributed by atoms with van der Waals surface area (Å²) in [5.74, 6) is 1.33. The van der Waals surface area contributed by atoms with E-state index >= 15 is 0 Å². The van der Waals surface area contributed by atoms with Crippen LogP contribution in [0.5, 0.6) is 11.5 Å². The summed E-state index contributed by atoms with van der Waals surface area (Å²) in [6.07, 6.45) is 4.19. The first kappa shape index (κ1) is 20.2. The van der Waals surface area contributed by atoms with Crippen LogP contribution < -0.4 is 19.5 Å². The Labute approximate surface area is 170 Å². The standard InChI is InChI=1S/C23H24N2O4/c26-23(20-9-6-15-25(27)17-20)24-14-4-5-16-28-21-10-12-22(13-11-21)29-18-19-7-2-1-3-8-19/h1-3,6-13,15,17H,4-5,14,16,18H2,(H,24,26). The number of carbonyl (C=O) groups excluding carboxylic acids is 1. The molecule has 0 aliphatic carbocycles. The minimum absolute atomic E-state index is 0.248. The van der Waals surface area contributed by atoms with Crippen LogP contribution in [0.3, 0.4) is 0 Å². The molecule has 3 rings (SSSR count). The molecular weight excluding hydrogens is 368 g/mol. The van der Waals surface area contributed by atoms with E-state index in [9.17, 15) is 10.0 Å². The molecule has 0 bridgehead atoms. The van der Waals surface area contributed by atoms with E-state index in [2.05, 4.69) is 5.32 Å². The molecule has 1 heterocycles. The predicted molar refractivity (Wildman–Crippen MR) is 110 cm³/mol. The van der Waals surface area contributed by atoms with Gasteiger partial charge in [0.2, 0.25) is 0 Å². The van der Waals surface area contributed by atoms with Crippen LogP contribution in [0.4, 0.5) is 0 Å². The van der Waals surface area contributed by atoms with Crippen LogP contribution in [0.15, 0.2) is 79.1 Å². The van der Waals surface area contributed by atoms with Crippen LogP contribution in [0.2, 0.25) is 0 Å². The van der Waals surface area contributed by atoms with Crippen LogP contribution in [0, 0.1) is 5.21 Å². The fourth-order valence-electron chi connectivity index (χ4n) is 2.68. The van der Waals surface area contributed by atoms with Crippen molar-refractivity contribution in [2.24, 2.45) is 0 Å². The van der Waals surface area contributed by atoms with Crippen molar-refractivity contribution in [3.05, 3.63) is 95.5 Å². The van der Waals surface area contributed by atoms with E-state index in [-0.39, 0.29) is 5.91 Å². The number of benzene rings is 2. The van der Waals surface area contributed by atoms with E-state index in [1.165, 1.54) is 12.4 Å². The molecule has 0 unspecified atom stereocenters. The van der Waals surface area contributed by atoms with Gasteiger partial charge in [-0.2, -0.15) is 4.73 Å². The highest BCUT2D eigenvalue weighted by atomic mass is 16.5. The smallest absolute Gasteiger partial charge is 0.257 e. The van der Waals surface area contributed by atoms with Crippen LogP contribution >= 0.6 is 0 Å². The largest absolute Gasteiger partial charge is 0.619 e.